The SMILES string of the molecule is N#CNCCCCCC(O)c1ccc(-c2ccccc2)cc1. The van der Waals surface area contributed by atoms with Crippen molar-refractivity contribution in [3.63, 3.8) is 0 Å². The van der Waals surface area contributed by atoms with Crippen molar-refractivity contribution in [2.45, 2.75) is 31.8 Å². The lowest BCUT2D eigenvalue weighted by molar-refractivity contribution is 0.163. The summed E-state index contributed by atoms with van der Waals surface area (Å²) in [4.78, 5) is 0. The molecule has 0 fully saturated rings. The van der Waals surface area contributed by atoms with E-state index in [0.717, 1.165) is 37.8 Å². The highest BCUT2D eigenvalue weighted by Crippen LogP contribution is 2.24. The molecule has 0 aliphatic carbocycles. The molecule has 0 aromatic heterocycles. The molecular formula is C19H22N2O. The zero-order valence-electron chi connectivity index (χ0n) is 12.7. The predicted octanol–water partition coefficient (Wildman–Crippen LogP) is 4.02. The third-order valence-corrected chi connectivity index (χ3v) is 3.76. The minimum absolute atomic E-state index is 0.409. The highest BCUT2D eigenvalue weighted by molar-refractivity contribution is 5.63. The molecule has 3 heteroatoms. The Bertz CT molecular complexity index is 587. The number of nitriles is 1. The average Bonchev–Trinajstić information content (AvgIpc) is 2.59. The van der Waals surface area contributed by atoms with Crippen molar-refractivity contribution < 1.29 is 5.11 Å². The summed E-state index contributed by atoms with van der Waals surface area (Å²) in [5, 5.41) is 21.2. The summed E-state index contributed by atoms with van der Waals surface area (Å²) >= 11 is 0. The molecule has 0 aliphatic rings. The van der Waals surface area contributed by atoms with Gasteiger partial charge in [-0.3, -0.25) is 0 Å². The number of rotatable bonds is 8. The molecule has 2 aromatic carbocycles. The van der Waals surface area contributed by atoms with Gasteiger partial charge in [-0.25, -0.2) is 0 Å². The van der Waals surface area contributed by atoms with Gasteiger partial charge >= 0.3 is 0 Å². The first-order valence-corrected chi connectivity index (χ1v) is 7.76. The molecule has 0 aliphatic heterocycles. The van der Waals surface area contributed by atoms with Crippen molar-refractivity contribution in [1.82, 2.24) is 5.32 Å². The highest BCUT2D eigenvalue weighted by Gasteiger charge is 2.07. The highest BCUT2D eigenvalue weighted by atomic mass is 16.3. The lowest BCUT2D eigenvalue weighted by Gasteiger charge is -2.11. The second-order valence-electron chi connectivity index (χ2n) is 5.39. The summed E-state index contributed by atoms with van der Waals surface area (Å²) < 4.78 is 0. The molecular weight excluding hydrogens is 272 g/mol. The lowest BCUT2D eigenvalue weighted by Crippen LogP contribution is -2.06. The van der Waals surface area contributed by atoms with Crippen molar-refractivity contribution in [3.05, 3.63) is 60.2 Å². The van der Waals surface area contributed by atoms with Crippen LogP contribution in [0.5, 0.6) is 0 Å². The third-order valence-electron chi connectivity index (χ3n) is 3.76. The van der Waals surface area contributed by atoms with Crippen LogP contribution in [-0.2, 0) is 0 Å². The molecule has 0 heterocycles. The van der Waals surface area contributed by atoms with E-state index in [1.54, 1.807) is 0 Å². The second kappa shape index (κ2) is 8.86. The summed E-state index contributed by atoms with van der Waals surface area (Å²) in [5.74, 6) is 0. The smallest absolute Gasteiger partial charge is 0.176 e. The van der Waals surface area contributed by atoms with Crippen LogP contribution >= 0.6 is 0 Å². The maximum absolute atomic E-state index is 10.2. The minimum atomic E-state index is -0.409. The van der Waals surface area contributed by atoms with Crippen LogP contribution in [0, 0.1) is 11.5 Å². The van der Waals surface area contributed by atoms with Crippen LogP contribution in [0.15, 0.2) is 54.6 Å². The number of hydrogen-bond acceptors (Lipinski definition) is 3. The first-order valence-electron chi connectivity index (χ1n) is 7.76. The Kier molecular flexibility index (Phi) is 6.47. The van der Waals surface area contributed by atoms with E-state index in [9.17, 15) is 5.11 Å². The Labute approximate surface area is 132 Å². The third kappa shape index (κ3) is 4.91. The van der Waals surface area contributed by atoms with E-state index in [2.05, 4.69) is 29.6 Å². The molecule has 1 atom stereocenters. The predicted molar refractivity (Wildman–Crippen MR) is 88.9 cm³/mol. The first kappa shape index (κ1) is 16.1. The summed E-state index contributed by atoms with van der Waals surface area (Å²) in [7, 11) is 0. The van der Waals surface area contributed by atoms with E-state index in [0.29, 0.717) is 0 Å². The average molecular weight is 294 g/mol. The fourth-order valence-corrected chi connectivity index (χ4v) is 2.48. The molecule has 22 heavy (non-hydrogen) atoms. The maximum atomic E-state index is 10.2. The molecule has 2 aromatic rings. The van der Waals surface area contributed by atoms with Crippen molar-refractivity contribution in [2.75, 3.05) is 6.54 Å². The largest absolute Gasteiger partial charge is 0.388 e. The Balaban J connectivity index is 1.81. The number of aliphatic hydroxyl groups excluding tert-OH is 1. The summed E-state index contributed by atoms with van der Waals surface area (Å²) in [6, 6.07) is 18.4. The molecule has 0 radical (unpaired) electrons. The fourth-order valence-electron chi connectivity index (χ4n) is 2.48. The Hall–Kier alpha value is -2.31. The maximum Gasteiger partial charge on any atom is 0.176 e. The number of hydrogen-bond donors (Lipinski definition) is 2. The van der Waals surface area contributed by atoms with Gasteiger partial charge in [0.1, 0.15) is 0 Å². The summed E-state index contributed by atoms with van der Waals surface area (Å²) in [5.41, 5.74) is 3.32. The normalized spacial score (nSPS) is 11.6. The fraction of sp³-hybridized carbons (Fsp3) is 0.316. The number of aliphatic hydroxyl groups is 1. The molecule has 1 unspecified atom stereocenters. The minimum Gasteiger partial charge on any atom is -0.388 e. The van der Waals surface area contributed by atoms with E-state index in [1.807, 2.05) is 36.5 Å². The number of nitrogens with one attached hydrogen (secondary N) is 1. The van der Waals surface area contributed by atoms with Gasteiger partial charge in [-0.15, -0.1) is 0 Å². The van der Waals surface area contributed by atoms with Gasteiger partial charge in [-0.05, 0) is 29.5 Å². The van der Waals surface area contributed by atoms with Crippen molar-refractivity contribution in [2.24, 2.45) is 0 Å². The number of nitrogens with zero attached hydrogens (tertiary/aromatic N) is 1. The number of benzene rings is 2. The Morgan fingerprint density at radius 2 is 1.59 bits per heavy atom. The van der Waals surface area contributed by atoms with Gasteiger partial charge in [0.05, 0.1) is 6.10 Å². The van der Waals surface area contributed by atoms with Crippen LogP contribution in [0.4, 0.5) is 0 Å². The monoisotopic (exact) mass is 294 g/mol. The molecule has 0 saturated carbocycles. The van der Waals surface area contributed by atoms with Crippen LogP contribution in [0.1, 0.15) is 37.4 Å². The van der Waals surface area contributed by atoms with Gasteiger partial charge in [0.15, 0.2) is 6.19 Å². The second-order valence-corrected chi connectivity index (χ2v) is 5.39. The first-order chi connectivity index (χ1) is 10.8. The molecule has 0 saturated heterocycles. The van der Waals surface area contributed by atoms with Crippen LogP contribution < -0.4 is 5.32 Å². The lowest BCUT2D eigenvalue weighted by atomic mass is 9.99. The molecule has 0 amide bonds. The van der Waals surface area contributed by atoms with Crippen molar-refractivity contribution in [3.8, 4) is 17.3 Å². The quantitative estimate of drug-likeness (QED) is 0.439. The van der Waals surface area contributed by atoms with Crippen molar-refractivity contribution >= 4 is 0 Å². The van der Waals surface area contributed by atoms with Gasteiger partial charge in [0, 0.05) is 6.54 Å². The molecule has 0 spiro atoms. The van der Waals surface area contributed by atoms with E-state index < -0.39 is 6.10 Å². The topological polar surface area (TPSA) is 56.0 Å². The molecule has 2 N–H and O–H groups in total. The summed E-state index contributed by atoms with van der Waals surface area (Å²) in [6.45, 7) is 0.721. The van der Waals surface area contributed by atoms with Gasteiger partial charge < -0.3 is 10.4 Å². The van der Waals surface area contributed by atoms with Gasteiger partial charge in [0.2, 0.25) is 0 Å². The molecule has 114 valence electrons. The molecule has 3 nitrogen and oxygen atoms in total. The van der Waals surface area contributed by atoms with Gasteiger partial charge in [-0.2, -0.15) is 5.26 Å². The number of unbranched alkanes of at least 4 members (excludes halogenated alkanes) is 2. The zero-order valence-corrected chi connectivity index (χ0v) is 12.7. The van der Waals surface area contributed by atoms with Crippen molar-refractivity contribution in [1.29, 1.82) is 5.26 Å². The zero-order chi connectivity index (χ0) is 15.6. The Morgan fingerprint density at radius 1 is 0.909 bits per heavy atom. The standard InChI is InChI=1S/C19H22N2O/c20-15-21-14-6-2-5-9-19(22)18-12-10-17(11-13-18)16-7-3-1-4-8-16/h1,3-4,7-8,10-13,19,21-22H,2,5-6,9,14H2. The van der Waals surface area contributed by atoms with E-state index >= 15 is 0 Å². The van der Waals surface area contributed by atoms with Crippen LogP contribution in [0.3, 0.4) is 0 Å². The van der Waals surface area contributed by atoms with E-state index in [-0.39, 0.29) is 0 Å². The van der Waals surface area contributed by atoms with Crippen LogP contribution in [-0.4, -0.2) is 11.7 Å². The van der Waals surface area contributed by atoms with Crippen LogP contribution in [0.2, 0.25) is 0 Å². The van der Waals surface area contributed by atoms with Crippen LogP contribution in [0.25, 0.3) is 11.1 Å². The van der Waals surface area contributed by atoms with E-state index in [1.165, 1.54) is 11.1 Å². The summed E-state index contributed by atoms with van der Waals surface area (Å²) in [6.07, 6.45) is 5.22. The molecule has 2 rings (SSSR count). The van der Waals surface area contributed by atoms with Gasteiger partial charge in [-0.1, -0.05) is 67.4 Å². The van der Waals surface area contributed by atoms with Gasteiger partial charge in [0.25, 0.3) is 0 Å². The Morgan fingerprint density at radius 3 is 2.27 bits per heavy atom. The van der Waals surface area contributed by atoms with E-state index in [4.69, 9.17) is 5.26 Å². The molecule has 0 bridgehead atoms.